The number of amides is 2. The molecule has 0 saturated carbocycles. The minimum absolute atomic E-state index is 0.0739. The number of anilines is 1. The van der Waals surface area contributed by atoms with E-state index in [0.717, 1.165) is 32.6 Å². The van der Waals surface area contributed by atoms with E-state index in [1.165, 1.54) is 9.80 Å². The van der Waals surface area contributed by atoms with Crippen molar-refractivity contribution in [2.45, 2.75) is 45.7 Å². The lowest BCUT2D eigenvalue weighted by molar-refractivity contribution is -0.942. The average molecular weight is 388 g/mol. The summed E-state index contributed by atoms with van der Waals surface area (Å²) in [4.78, 5) is 27.4. The number of nitrogens with zero attached hydrogens (tertiary/aromatic N) is 1. The van der Waals surface area contributed by atoms with Crippen molar-refractivity contribution in [3.05, 3.63) is 29.8 Å². The lowest BCUT2D eigenvalue weighted by Crippen LogP contribution is -3.20. The van der Waals surface area contributed by atoms with E-state index in [1.54, 1.807) is 18.2 Å². The molecule has 0 spiro atoms. The molecular weight excluding hydrogens is 354 g/mol. The Bertz CT molecular complexity index is 735. The Kier molecular flexibility index (Phi) is 7.55. The van der Waals surface area contributed by atoms with Gasteiger partial charge in [-0.05, 0) is 39.8 Å². The van der Waals surface area contributed by atoms with Gasteiger partial charge in [-0.3, -0.25) is 9.59 Å². The van der Waals surface area contributed by atoms with E-state index >= 15 is 0 Å². The zero-order valence-corrected chi connectivity index (χ0v) is 17.4. The molecule has 1 aromatic carbocycles. The Morgan fingerprint density at radius 3 is 2.57 bits per heavy atom. The molecule has 2 amide bonds. The van der Waals surface area contributed by atoms with E-state index in [1.807, 2.05) is 33.8 Å². The van der Waals surface area contributed by atoms with Crippen LogP contribution in [0.2, 0.25) is 0 Å². The monoisotopic (exact) mass is 387 g/mol. The molecule has 1 saturated heterocycles. The van der Waals surface area contributed by atoms with Gasteiger partial charge in [0, 0.05) is 12.0 Å². The highest BCUT2D eigenvalue weighted by Crippen LogP contribution is 2.13. The predicted molar refractivity (Wildman–Crippen MR) is 108 cm³/mol. The van der Waals surface area contributed by atoms with Crippen molar-refractivity contribution in [1.82, 2.24) is 5.32 Å². The first kappa shape index (κ1) is 21.9. The van der Waals surface area contributed by atoms with Crippen molar-refractivity contribution in [2.24, 2.45) is 0 Å². The number of hydrogen-bond acceptors (Lipinski definition) is 3. The Hall–Kier alpha value is -2.43. The molecule has 1 aliphatic heterocycles. The third-order valence-corrected chi connectivity index (χ3v) is 5.06. The van der Waals surface area contributed by atoms with Gasteiger partial charge in [0.1, 0.15) is 19.2 Å². The number of hydrogen-bond donors (Lipinski definition) is 4. The molecule has 152 valence electrons. The van der Waals surface area contributed by atoms with Crippen LogP contribution in [-0.2, 0) is 9.59 Å². The summed E-state index contributed by atoms with van der Waals surface area (Å²) < 4.78 is 0. The SMILES string of the molecule is C[C@H](C(=O)Nc1ccccc1C#N)[NH+]1CCC[NH+](CC(=O)NC(C)(C)C)CC1. The van der Waals surface area contributed by atoms with Gasteiger partial charge < -0.3 is 20.4 Å². The van der Waals surface area contributed by atoms with Gasteiger partial charge in [0.2, 0.25) is 0 Å². The summed E-state index contributed by atoms with van der Waals surface area (Å²) in [5.74, 6) is -0.00326. The molecule has 1 aliphatic rings. The molecule has 3 atom stereocenters. The second kappa shape index (κ2) is 9.67. The number of rotatable bonds is 5. The second-order valence-electron chi connectivity index (χ2n) is 8.61. The average Bonchev–Trinajstić information content (AvgIpc) is 2.85. The quantitative estimate of drug-likeness (QED) is 0.521. The first-order valence-corrected chi connectivity index (χ1v) is 9.99. The highest BCUT2D eigenvalue weighted by molar-refractivity contribution is 5.94. The maximum atomic E-state index is 12.7. The fraction of sp³-hybridized carbons (Fsp3) is 0.571. The summed E-state index contributed by atoms with van der Waals surface area (Å²) in [6.07, 6.45) is 0.972. The summed E-state index contributed by atoms with van der Waals surface area (Å²) in [7, 11) is 0. The summed E-state index contributed by atoms with van der Waals surface area (Å²) in [5.41, 5.74) is 0.808. The standard InChI is InChI=1S/C21H31N5O2/c1-16(20(28)23-18-9-6-5-8-17(18)14-22)26-11-7-10-25(12-13-26)15-19(27)24-21(2,3)4/h5-6,8-9,16H,7,10-13,15H2,1-4H3,(H,23,28)(H,24,27)/p+2/t16-/m1/s1. The molecule has 7 heteroatoms. The smallest absolute Gasteiger partial charge is 0.282 e. The van der Waals surface area contributed by atoms with Crippen LogP contribution in [0.5, 0.6) is 0 Å². The molecule has 1 heterocycles. The van der Waals surface area contributed by atoms with Gasteiger partial charge >= 0.3 is 0 Å². The van der Waals surface area contributed by atoms with Crippen LogP contribution >= 0.6 is 0 Å². The van der Waals surface area contributed by atoms with Crippen LogP contribution in [0.15, 0.2) is 24.3 Å². The third-order valence-electron chi connectivity index (χ3n) is 5.06. The van der Waals surface area contributed by atoms with Crippen LogP contribution in [0.3, 0.4) is 0 Å². The molecule has 4 N–H and O–H groups in total. The summed E-state index contributed by atoms with van der Waals surface area (Å²) in [6.45, 7) is 11.9. The Labute approximate surface area is 167 Å². The maximum absolute atomic E-state index is 12.7. The van der Waals surface area contributed by atoms with Gasteiger partial charge in [-0.2, -0.15) is 5.26 Å². The van der Waals surface area contributed by atoms with Crippen molar-refractivity contribution in [3.8, 4) is 6.07 Å². The van der Waals surface area contributed by atoms with E-state index in [4.69, 9.17) is 0 Å². The van der Waals surface area contributed by atoms with Crippen LogP contribution in [0.1, 0.15) is 39.7 Å². The topological polar surface area (TPSA) is 90.9 Å². The molecule has 0 radical (unpaired) electrons. The third kappa shape index (κ3) is 6.63. The molecule has 2 rings (SSSR count). The molecule has 1 fully saturated rings. The summed E-state index contributed by atoms with van der Waals surface area (Å²) in [6, 6.07) is 8.93. The van der Waals surface area contributed by atoms with E-state index in [2.05, 4.69) is 16.7 Å². The molecular formula is C21H33N5O2+2. The van der Waals surface area contributed by atoms with Gasteiger partial charge in [0.25, 0.3) is 11.8 Å². The number of para-hydroxylation sites is 1. The van der Waals surface area contributed by atoms with Crippen LogP contribution < -0.4 is 20.4 Å². The largest absolute Gasteiger partial charge is 0.347 e. The van der Waals surface area contributed by atoms with E-state index in [9.17, 15) is 14.9 Å². The molecule has 7 nitrogen and oxygen atoms in total. The van der Waals surface area contributed by atoms with Crippen molar-refractivity contribution in [1.29, 1.82) is 5.26 Å². The Balaban J connectivity index is 1.89. The first-order chi connectivity index (χ1) is 13.2. The van der Waals surface area contributed by atoms with Gasteiger partial charge in [-0.25, -0.2) is 0 Å². The van der Waals surface area contributed by atoms with Crippen molar-refractivity contribution >= 4 is 17.5 Å². The highest BCUT2D eigenvalue weighted by Gasteiger charge is 2.30. The molecule has 0 aliphatic carbocycles. The van der Waals surface area contributed by atoms with Crippen molar-refractivity contribution in [2.75, 3.05) is 38.0 Å². The number of nitrogens with one attached hydrogen (secondary N) is 4. The van der Waals surface area contributed by atoms with E-state index in [0.29, 0.717) is 17.8 Å². The fourth-order valence-electron chi connectivity index (χ4n) is 3.57. The zero-order valence-electron chi connectivity index (χ0n) is 17.4. The van der Waals surface area contributed by atoms with Crippen LogP contribution in [0.4, 0.5) is 5.69 Å². The highest BCUT2D eigenvalue weighted by atomic mass is 16.2. The van der Waals surface area contributed by atoms with Gasteiger partial charge in [-0.15, -0.1) is 0 Å². The van der Waals surface area contributed by atoms with Crippen LogP contribution in [0, 0.1) is 11.3 Å². The van der Waals surface area contributed by atoms with E-state index in [-0.39, 0.29) is 23.4 Å². The molecule has 0 aromatic heterocycles. The number of carbonyl (C=O) groups excluding carboxylic acids is 2. The van der Waals surface area contributed by atoms with Crippen molar-refractivity contribution < 1.29 is 19.4 Å². The number of quaternary nitrogens is 2. The first-order valence-electron chi connectivity index (χ1n) is 9.99. The lowest BCUT2D eigenvalue weighted by Gasteiger charge is -2.24. The van der Waals surface area contributed by atoms with Crippen LogP contribution in [-0.4, -0.2) is 56.1 Å². The molecule has 28 heavy (non-hydrogen) atoms. The minimum atomic E-state index is -0.216. The second-order valence-corrected chi connectivity index (χ2v) is 8.61. The predicted octanol–water partition coefficient (Wildman–Crippen LogP) is -1.03. The van der Waals surface area contributed by atoms with Crippen molar-refractivity contribution in [3.63, 3.8) is 0 Å². The summed E-state index contributed by atoms with van der Waals surface area (Å²) in [5, 5.41) is 15.1. The van der Waals surface area contributed by atoms with Crippen LogP contribution in [0.25, 0.3) is 0 Å². The number of benzene rings is 1. The normalized spacial score (nSPS) is 21.1. The zero-order chi connectivity index (χ0) is 20.7. The maximum Gasteiger partial charge on any atom is 0.282 e. The Morgan fingerprint density at radius 1 is 1.18 bits per heavy atom. The summed E-state index contributed by atoms with van der Waals surface area (Å²) >= 11 is 0. The van der Waals surface area contributed by atoms with E-state index < -0.39 is 0 Å². The number of carbonyl (C=O) groups is 2. The Morgan fingerprint density at radius 2 is 1.89 bits per heavy atom. The van der Waals surface area contributed by atoms with Gasteiger partial charge in [0.15, 0.2) is 12.6 Å². The molecule has 1 aromatic rings. The molecule has 2 unspecified atom stereocenters. The van der Waals surface area contributed by atoms with Gasteiger partial charge in [0.05, 0.1) is 24.3 Å². The fourth-order valence-corrected chi connectivity index (χ4v) is 3.57. The minimum Gasteiger partial charge on any atom is -0.347 e. The van der Waals surface area contributed by atoms with Gasteiger partial charge in [-0.1, -0.05) is 12.1 Å². The lowest BCUT2D eigenvalue weighted by atomic mass is 10.1. The number of nitriles is 1. The molecule has 0 bridgehead atoms.